The fourth-order valence-corrected chi connectivity index (χ4v) is 3.64. The number of thioether (sulfide) groups is 1. The molecule has 2 heterocycles. The van der Waals surface area contributed by atoms with E-state index in [1.165, 1.54) is 23.9 Å². The lowest BCUT2D eigenvalue weighted by Crippen LogP contribution is -2.01. The van der Waals surface area contributed by atoms with Crippen LogP contribution in [-0.2, 0) is 5.75 Å². The van der Waals surface area contributed by atoms with Crippen LogP contribution >= 0.6 is 11.8 Å². The van der Waals surface area contributed by atoms with Gasteiger partial charge in [-0.05, 0) is 24.6 Å². The SMILES string of the molecule is Cc1ccc(-n2c(SCc3ccc([N+](=O)[O-])cc3)nnc2-c2cnccn2)cc1. The standard InChI is InChI=1S/C20H16N6O2S/c1-14-2-6-16(7-3-14)25-19(18-12-21-10-11-22-18)23-24-20(25)29-13-15-4-8-17(9-5-15)26(27)28/h2-12H,13H2,1H3. The Hall–Kier alpha value is -3.59. The largest absolute Gasteiger partial charge is 0.269 e. The highest BCUT2D eigenvalue weighted by Crippen LogP contribution is 2.29. The van der Waals surface area contributed by atoms with Gasteiger partial charge in [0, 0.05) is 36.0 Å². The maximum Gasteiger partial charge on any atom is 0.269 e. The van der Waals surface area contributed by atoms with Gasteiger partial charge in [0.05, 0.1) is 11.1 Å². The van der Waals surface area contributed by atoms with Crippen LogP contribution in [0.5, 0.6) is 0 Å². The van der Waals surface area contributed by atoms with Gasteiger partial charge in [-0.1, -0.05) is 41.6 Å². The molecule has 4 aromatic rings. The molecule has 0 aliphatic carbocycles. The molecule has 2 aromatic carbocycles. The molecule has 8 nitrogen and oxygen atoms in total. The zero-order chi connectivity index (χ0) is 20.2. The summed E-state index contributed by atoms with van der Waals surface area (Å²) in [5, 5.41) is 20.2. The highest BCUT2D eigenvalue weighted by molar-refractivity contribution is 7.98. The molecule has 0 spiro atoms. The van der Waals surface area contributed by atoms with Crippen molar-refractivity contribution in [1.29, 1.82) is 0 Å². The fourth-order valence-electron chi connectivity index (χ4n) is 2.73. The third kappa shape index (κ3) is 4.14. The van der Waals surface area contributed by atoms with E-state index in [4.69, 9.17) is 0 Å². The highest BCUT2D eigenvalue weighted by Gasteiger charge is 2.17. The summed E-state index contributed by atoms with van der Waals surface area (Å²) in [5.41, 5.74) is 3.74. The van der Waals surface area contributed by atoms with Gasteiger partial charge in [0.15, 0.2) is 11.0 Å². The van der Waals surface area contributed by atoms with Crippen molar-refractivity contribution in [2.75, 3.05) is 0 Å². The summed E-state index contributed by atoms with van der Waals surface area (Å²) >= 11 is 1.50. The Bertz CT molecular complexity index is 1130. The molecule has 0 aliphatic heterocycles. The molecule has 0 unspecified atom stereocenters. The van der Waals surface area contributed by atoms with E-state index < -0.39 is 4.92 Å². The van der Waals surface area contributed by atoms with Gasteiger partial charge in [0.2, 0.25) is 0 Å². The van der Waals surface area contributed by atoms with Crippen molar-refractivity contribution >= 4 is 17.4 Å². The Morgan fingerprint density at radius 3 is 2.45 bits per heavy atom. The second-order valence-electron chi connectivity index (χ2n) is 6.28. The van der Waals surface area contributed by atoms with Crippen LogP contribution in [0.1, 0.15) is 11.1 Å². The smallest absolute Gasteiger partial charge is 0.269 e. The number of nitro benzene ring substituents is 1. The van der Waals surface area contributed by atoms with E-state index in [0.29, 0.717) is 22.4 Å². The summed E-state index contributed by atoms with van der Waals surface area (Å²) in [6.07, 6.45) is 4.88. The van der Waals surface area contributed by atoms with Gasteiger partial charge in [-0.3, -0.25) is 19.7 Å². The summed E-state index contributed by atoms with van der Waals surface area (Å²) in [4.78, 5) is 18.9. The molecule has 4 rings (SSSR count). The molecular formula is C20H16N6O2S. The minimum atomic E-state index is -0.405. The lowest BCUT2D eigenvalue weighted by molar-refractivity contribution is -0.384. The van der Waals surface area contributed by atoms with E-state index in [1.807, 2.05) is 35.8 Å². The molecule has 144 valence electrons. The molecule has 0 radical (unpaired) electrons. The lowest BCUT2D eigenvalue weighted by atomic mass is 10.2. The predicted octanol–water partition coefficient (Wildman–Crippen LogP) is 4.23. The third-order valence-corrected chi connectivity index (χ3v) is 5.23. The fraction of sp³-hybridized carbons (Fsp3) is 0.100. The van der Waals surface area contributed by atoms with Crippen molar-refractivity contribution in [2.45, 2.75) is 17.8 Å². The first kappa shape index (κ1) is 18.8. The molecule has 0 fully saturated rings. The number of hydrogen-bond donors (Lipinski definition) is 0. The van der Waals surface area contributed by atoms with Crippen molar-refractivity contribution < 1.29 is 4.92 Å². The van der Waals surface area contributed by atoms with Gasteiger partial charge in [0.25, 0.3) is 5.69 Å². The van der Waals surface area contributed by atoms with Gasteiger partial charge in [-0.25, -0.2) is 4.98 Å². The number of nitrogens with zero attached hydrogens (tertiary/aromatic N) is 6. The summed E-state index contributed by atoms with van der Waals surface area (Å²) in [7, 11) is 0. The lowest BCUT2D eigenvalue weighted by Gasteiger charge is -2.10. The van der Waals surface area contributed by atoms with Gasteiger partial charge < -0.3 is 0 Å². The van der Waals surface area contributed by atoms with E-state index in [9.17, 15) is 10.1 Å². The van der Waals surface area contributed by atoms with Crippen molar-refractivity contribution in [1.82, 2.24) is 24.7 Å². The molecular weight excluding hydrogens is 388 g/mol. The average molecular weight is 404 g/mol. The average Bonchev–Trinajstić information content (AvgIpc) is 3.17. The van der Waals surface area contributed by atoms with Crippen LogP contribution < -0.4 is 0 Å². The number of nitro groups is 1. The molecule has 29 heavy (non-hydrogen) atoms. The van der Waals surface area contributed by atoms with E-state index in [-0.39, 0.29) is 5.69 Å². The van der Waals surface area contributed by atoms with Crippen molar-refractivity contribution in [3.8, 4) is 17.2 Å². The van der Waals surface area contributed by atoms with Gasteiger partial charge in [-0.2, -0.15) is 0 Å². The second-order valence-corrected chi connectivity index (χ2v) is 7.22. The first-order chi connectivity index (χ1) is 14.1. The molecule has 0 saturated heterocycles. The molecule has 0 atom stereocenters. The Kier molecular flexibility index (Phi) is 5.30. The summed E-state index contributed by atoms with van der Waals surface area (Å²) in [6.45, 7) is 2.03. The van der Waals surface area contributed by atoms with E-state index in [2.05, 4.69) is 20.2 Å². The minimum absolute atomic E-state index is 0.0755. The van der Waals surface area contributed by atoms with Crippen LogP contribution in [0.25, 0.3) is 17.2 Å². The molecule has 0 aliphatic rings. The number of non-ortho nitro benzene ring substituents is 1. The molecule has 0 N–H and O–H groups in total. The van der Waals surface area contributed by atoms with E-state index in [1.54, 1.807) is 30.7 Å². The van der Waals surface area contributed by atoms with Gasteiger partial charge >= 0.3 is 0 Å². The Labute approximate surface area is 170 Å². The minimum Gasteiger partial charge on any atom is -0.269 e. The number of benzene rings is 2. The summed E-state index contributed by atoms with van der Waals surface area (Å²) < 4.78 is 1.94. The zero-order valence-corrected chi connectivity index (χ0v) is 16.3. The van der Waals surface area contributed by atoms with Crippen LogP contribution in [-0.4, -0.2) is 29.7 Å². The van der Waals surface area contributed by atoms with Crippen LogP contribution in [0.3, 0.4) is 0 Å². The van der Waals surface area contributed by atoms with Gasteiger partial charge in [-0.15, -0.1) is 10.2 Å². The first-order valence-corrected chi connectivity index (χ1v) is 9.75. The second kappa shape index (κ2) is 8.19. The molecule has 0 saturated carbocycles. The van der Waals surface area contributed by atoms with Crippen LogP contribution in [0.2, 0.25) is 0 Å². The number of hydrogen-bond acceptors (Lipinski definition) is 7. The Morgan fingerprint density at radius 1 is 1.03 bits per heavy atom. The Balaban J connectivity index is 1.67. The van der Waals surface area contributed by atoms with Crippen LogP contribution in [0.15, 0.2) is 72.3 Å². The third-order valence-electron chi connectivity index (χ3n) is 4.23. The van der Waals surface area contributed by atoms with Gasteiger partial charge in [0.1, 0.15) is 5.69 Å². The molecule has 2 aromatic heterocycles. The van der Waals surface area contributed by atoms with Crippen molar-refractivity contribution in [3.63, 3.8) is 0 Å². The maximum atomic E-state index is 10.8. The number of rotatable bonds is 6. The monoisotopic (exact) mass is 404 g/mol. The van der Waals surface area contributed by atoms with E-state index >= 15 is 0 Å². The molecule has 0 amide bonds. The normalized spacial score (nSPS) is 10.8. The first-order valence-electron chi connectivity index (χ1n) is 8.77. The summed E-state index contributed by atoms with van der Waals surface area (Å²) in [6, 6.07) is 14.6. The number of aryl methyl sites for hydroxylation is 1. The quantitative estimate of drug-likeness (QED) is 0.269. The van der Waals surface area contributed by atoms with Crippen LogP contribution in [0, 0.1) is 17.0 Å². The topological polar surface area (TPSA) is 99.6 Å². The number of aromatic nitrogens is 5. The molecule has 9 heteroatoms. The zero-order valence-electron chi connectivity index (χ0n) is 15.5. The molecule has 0 bridgehead atoms. The summed E-state index contributed by atoms with van der Waals surface area (Å²) in [5.74, 6) is 1.20. The maximum absolute atomic E-state index is 10.8. The Morgan fingerprint density at radius 2 is 1.79 bits per heavy atom. The van der Waals surface area contributed by atoms with Crippen LogP contribution in [0.4, 0.5) is 5.69 Å². The predicted molar refractivity (Wildman–Crippen MR) is 110 cm³/mol. The van der Waals surface area contributed by atoms with Crippen molar-refractivity contribution in [2.24, 2.45) is 0 Å². The highest BCUT2D eigenvalue weighted by atomic mass is 32.2. The van der Waals surface area contributed by atoms with E-state index in [0.717, 1.165) is 16.8 Å². The van der Waals surface area contributed by atoms with Crippen molar-refractivity contribution in [3.05, 3.63) is 88.4 Å².